The summed E-state index contributed by atoms with van der Waals surface area (Å²) in [5, 5.41) is 2.74. The van der Waals surface area contributed by atoms with E-state index in [1.54, 1.807) is 75.6 Å². The lowest BCUT2D eigenvalue weighted by Gasteiger charge is -2.32. The molecule has 0 bridgehead atoms. The number of benzene rings is 3. The number of amides is 2. The molecular formula is C29H35N3O7S. The van der Waals surface area contributed by atoms with Crippen LogP contribution in [-0.4, -0.2) is 65.6 Å². The predicted molar refractivity (Wildman–Crippen MR) is 152 cm³/mol. The first-order valence-corrected chi connectivity index (χ1v) is 14.1. The molecule has 1 N–H and O–H groups in total. The first kappa shape index (κ1) is 30.3. The molecule has 1 unspecified atom stereocenters. The number of ether oxygens (including phenoxy) is 3. The summed E-state index contributed by atoms with van der Waals surface area (Å²) in [6.45, 7) is 3.33. The molecule has 0 aromatic heterocycles. The molecule has 0 aliphatic carbocycles. The highest BCUT2D eigenvalue weighted by Gasteiger charge is 2.33. The summed E-state index contributed by atoms with van der Waals surface area (Å²) >= 11 is 0. The zero-order valence-corrected chi connectivity index (χ0v) is 24.1. The largest absolute Gasteiger partial charge is 0.497 e. The number of hydrogen-bond acceptors (Lipinski definition) is 7. The van der Waals surface area contributed by atoms with Gasteiger partial charge in [-0.15, -0.1) is 0 Å². The van der Waals surface area contributed by atoms with Crippen LogP contribution >= 0.6 is 0 Å². The van der Waals surface area contributed by atoms with Gasteiger partial charge in [-0.05, 0) is 55.8 Å². The lowest BCUT2D eigenvalue weighted by atomic mass is 10.1. The zero-order chi connectivity index (χ0) is 29.3. The molecule has 0 radical (unpaired) electrons. The molecule has 214 valence electrons. The fourth-order valence-electron chi connectivity index (χ4n) is 4.06. The van der Waals surface area contributed by atoms with Crippen molar-refractivity contribution in [3.63, 3.8) is 0 Å². The van der Waals surface area contributed by atoms with Crippen LogP contribution in [0.15, 0.2) is 77.7 Å². The number of carbonyl (C=O) groups excluding carboxylic acids is 2. The van der Waals surface area contributed by atoms with Crippen molar-refractivity contribution in [2.75, 3.05) is 38.7 Å². The molecule has 0 saturated heterocycles. The van der Waals surface area contributed by atoms with Gasteiger partial charge in [0.2, 0.25) is 11.8 Å². The fraction of sp³-hybridized carbons (Fsp3) is 0.310. The van der Waals surface area contributed by atoms with Crippen molar-refractivity contribution in [2.45, 2.75) is 31.3 Å². The van der Waals surface area contributed by atoms with Crippen molar-refractivity contribution in [2.24, 2.45) is 0 Å². The van der Waals surface area contributed by atoms with Crippen LogP contribution in [-0.2, 0) is 26.2 Å². The number of nitrogens with zero attached hydrogens (tertiary/aromatic N) is 2. The van der Waals surface area contributed by atoms with Gasteiger partial charge in [-0.25, -0.2) is 8.42 Å². The molecule has 11 heteroatoms. The van der Waals surface area contributed by atoms with Gasteiger partial charge >= 0.3 is 0 Å². The lowest BCUT2D eigenvalue weighted by molar-refractivity contribution is -0.139. The number of hydrogen-bond donors (Lipinski definition) is 1. The average molecular weight is 570 g/mol. The number of anilines is 1. The van der Waals surface area contributed by atoms with Crippen molar-refractivity contribution in [1.82, 2.24) is 10.2 Å². The number of carbonyl (C=O) groups is 2. The van der Waals surface area contributed by atoms with Gasteiger partial charge in [-0.1, -0.05) is 30.3 Å². The van der Waals surface area contributed by atoms with E-state index in [4.69, 9.17) is 14.2 Å². The second-order valence-corrected chi connectivity index (χ2v) is 10.7. The minimum Gasteiger partial charge on any atom is -0.497 e. The van der Waals surface area contributed by atoms with Gasteiger partial charge < -0.3 is 24.4 Å². The van der Waals surface area contributed by atoms with Crippen LogP contribution in [0.4, 0.5) is 5.69 Å². The van der Waals surface area contributed by atoms with E-state index >= 15 is 0 Å². The van der Waals surface area contributed by atoms with E-state index < -0.39 is 28.5 Å². The fourth-order valence-corrected chi connectivity index (χ4v) is 5.49. The Morgan fingerprint density at radius 2 is 1.52 bits per heavy atom. The number of likely N-dealkylation sites (N-methyl/N-ethyl adjacent to an activating group) is 1. The summed E-state index contributed by atoms with van der Waals surface area (Å²) in [6, 6.07) is 18.8. The number of para-hydroxylation sites is 1. The summed E-state index contributed by atoms with van der Waals surface area (Å²) in [4.78, 5) is 28.0. The number of nitrogens with one attached hydrogen (secondary N) is 1. The molecular weight excluding hydrogens is 534 g/mol. The van der Waals surface area contributed by atoms with Crippen molar-refractivity contribution in [1.29, 1.82) is 0 Å². The monoisotopic (exact) mass is 569 g/mol. The van der Waals surface area contributed by atoms with E-state index in [2.05, 4.69) is 5.32 Å². The minimum absolute atomic E-state index is 0.0831. The summed E-state index contributed by atoms with van der Waals surface area (Å²) in [5.74, 6) is 0.342. The standard InChI is InChI=1S/C29H35N3O7S/c1-6-30-29(34)21(2)31(19-22-12-14-24(37-3)15-13-22)28(33)20-32(23-10-8-7-9-11-23)40(35,36)25-16-17-26(38-4)27(18-25)39-5/h7-18,21H,6,19-20H2,1-5H3,(H,30,34). The van der Waals surface area contributed by atoms with Crippen LogP contribution in [0.2, 0.25) is 0 Å². The molecule has 0 aliphatic heterocycles. The van der Waals surface area contributed by atoms with Crippen LogP contribution < -0.4 is 23.8 Å². The van der Waals surface area contributed by atoms with Gasteiger partial charge in [0.25, 0.3) is 10.0 Å². The number of methoxy groups -OCH3 is 3. The molecule has 40 heavy (non-hydrogen) atoms. The van der Waals surface area contributed by atoms with Gasteiger partial charge in [0.1, 0.15) is 18.3 Å². The van der Waals surface area contributed by atoms with Crippen LogP contribution in [0.25, 0.3) is 0 Å². The first-order valence-electron chi connectivity index (χ1n) is 12.7. The Labute approximate surface area is 235 Å². The van der Waals surface area contributed by atoms with E-state index in [9.17, 15) is 18.0 Å². The summed E-state index contributed by atoms with van der Waals surface area (Å²) in [7, 11) is 0.171. The summed E-state index contributed by atoms with van der Waals surface area (Å²) in [6.07, 6.45) is 0. The second kappa shape index (κ2) is 13.7. The minimum atomic E-state index is -4.25. The van der Waals surface area contributed by atoms with Crippen LogP contribution in [0.1, 0.15) is 19.4 Å². The molecule has 0 fully saturated rings. The topological polar surface area (TPSA) is 114 Å². The third-order valence-electron chi connectivity index (χ3n) is 6.30. The van der Waals surface area contributed by atoms with Gasteiger partial charge in [-0.3, -0.25) is 13.9 Å². The van der Waals surface area contributed by atoms with E-state index in [0.29, 0.717) is 23.7 Å². The molecule has 1 atom stereocenters. The van der Waals surface area contributed by atoms with E-state index in [-0.39, 0.29) is 23.1 Å². The molecule has 0 aliphatic rings. The molecule has 3 rings (SSSR count). The maximum Gasteiger partial charge on any atom is 0.264 e. The molecule has 0 saturated carbocycles. The Kier molecular flexibility index (Phi) is 10.4. The Bertz CT molecular complexity index is 1400. The average Bonchev–Trinajstić information content (AvgIpc) is 2.98. The van der Waals surface area contributed by atoms with Crippen molar-refractivity contribution < 1.29 is 32.2 Å². The maximum absolute atomic E-state index is 14.0. The molecule has 3 aromatic carbocycles. The third-order valence-corrected chi connectivity index (χ3v) is 8.07. The highest BCUT2D eigenvalue weighted by Crippen LogP contribution is 2.32. The molecule has 2 amide bonds. The Hall–Kier alpha value is -4.25. The molecule has 3 aromatic rings. The predicted octanol–water partition coefficient (Wildman–Crippen LogP) is 3.46. The maximum atomic E-state index is 14.0. The van der Waals surface area contributed by atoms with Gasteiger partial charge in [0.15, 0.2) is 11.5 Å². The molecule has 10 nitrogen and oxygen atoms in total. The van der Waals surface area contributed by atoms with Crippen LogP contribution in [0.3, 0.4) is 0 Å². The second-order valence-electron chi connectivity index (χ2n) is 8.80. The quantitative estimate of drug-likeness (QED) is 0.335. The molecule has 0 spiro atoms. The van der Waals surface area contributed by atoms with Crippen LogP contribution in [0.5, 0.6) is 17.2 Å². The smallest absolute Gasteiger partial charge is 0.264 e. The highest BCUT2D eigenvalue weighted by molar-refractivity contribution is 7.92. The van der Waals surface area contributed by atoms with Crippen molar-refractivity contribution in [3.05, 3.63) is 78.4 Å². The Morgan fingerprint density at radius 3 is 2.10 bits per heavy atom. The summed E-state index contributed by atoms with van der Waals surface area (Å²) < 4.78 is 44.7. The Morgan fingerprint density at radius 1 is 0.875 bits per heavy atom. The van der Waals surface area contributed by atoms with E-state index in [1.807, 2.05) is 0 Å². The van der Waals surface area contributed by atoms with Crippen LogP contribution in [0, 0.1) is 0 Å². The van der Waals surface area contributed by atoms with E-state index in [0.717, 1.165) is 9.87 Å². The van der Waals surface area contributed by atoms with Gasteiger partial charge in [-0.2, -0.15) is 0 Å². The SMILES string of the molecule is CCNC(=O)C(C)N(Cc1ccc(OC)cc1)C(=O)CN(c1ccccc1)S(=O)(=O)c1ccc(OC)c(OC)c1. The normalized spacial score (nSPS) is 11.7. The third kappa shape index (κ3) is 7.03. The first-order chi connectivity index (χ1) is 19.2. The van der Waals surface area contributed by atoms with Gasteiger partial charge in [0.05, 0.1) is 31.9 Å². The van der Waals surface area contributed by atoms with Crippen molar-refractivity contribution >= 4 is 27.5 Å². The highest BCUT2D eigenvalue weighted by atomic mass is 32.2. The lowest BCUT2D eigenvalue weighted by Crippen LogP contribution is -2.51. The molecule has 0 heterocycles. The van der Waals surface area contributed by atoms with Crippen molar-refractivity contribution in [3.8, 4) is 17.2 Å². The van der Waals surface area contributed by atoms with E-state index in [1.165, 1.54) is 37.3 Å². The zero-order valence-electron chi connectivity index (χ0n) is 23.3. The number of rotatable bonds is 13. The van der Waals surface area contributed by atoms with Gasteiger partial charge in [0, 0.05) is 19.2 Å². The number of sulfonamides is 1. The summed E-state index contributed by atoms with van der Waals surface area (Å²) in [5.41, 5.74) is 1.04. The Balaban J connectivity index is 2.03.